The van der Waals surface area contributed by atoms with Gasteiger partial charge in [0.1, 0.15) is 0 Å². The van der Waals surface area contributed by atoms with Gasteiger partial charge in [0.15, 0.2) is 0 Å². The molecule has 21 heavy (non-hydrogen) atoms. The fourth-order valence-corrected chi connectivity index (χ4v) is 3.84. The molecule has 0 unspecified atom stereocenters. The molecule has 0 saturated heterocycles. The molecule has 3 aromatic carbocycles. The molecule has 4 rings (SSSR count). The SMILES string of the molecule is O=c1c2ccccc2sn1-c1ccc2cc(Br)ccc2c1. The smallest absolute Gasteiger partial charge is 0.267 e. The summed E-state index contributed by atoms with van der Waals surface area (Å²) in [6, 6.07) is 20.0. The molecule has 0 spiro atoms. The molecule has 0 bridgehead atoms. The molecule has 4 heteroatoms. The van der Waals surface area contributed by atoms with Crippen LogP contribution in [0.3, 0.4) is 0 Å². The number of aromatic nitrogens is 1. The van der Waals surface area contributed by atoms with Crippen LogP contribution in [0.1, 0.15) is 0 Å². The Morgan fingerprint density at radius 3 is 2.52 bits per heavy atom. The molecular weight excluding hydrogens is 346 g/mol. The molecule has 0 aliphatic heterocycles. The molecule has 0 aliphatic rings. The van der Waals surface area contributed by atoms with Gasteiger partial charge in [0, 0.05) is 4.47 Å². The van der Waals surface area contributed by atoms with Gasteiger partial charge in [-0.15, -0.1) is 0 Å². The molecule has 0 atom stereocenters. The lowest BCUT2D eigenvalue weighted by Crippen LogP contribution is -2.10. The van der Waals surface area contributed by atoms with Crippen LogP contribution in [0.25, 0.3) is 26.5 Å². The molecule has 102 valence electrons. The number of rotatable bonds is 1. The fraction of sp³-hybridized carbons (Fsp3) is 0. The van der Waals surface area contributed by atoms with Crippen LogP contribution >= 0.6 is 27.5 Å². The predicted octanol–water partition coefficient (Wildman–Crippen LogP) is 4.97. The summed E-state index contributed by atoms with van der Waals surface area (Å²) in [4.78, 5) is 12.5. The van der Waals surface area contributed by atoms with E-state index in [1.165, 1.54) is 11.5 Å². The van der Waals surface area contributed by atoms with E-state index in [-0.39, 0.29) is 5.56 Å². The van der Waals surface area contributed by atoms with Crippen LogP contribution in [0.5, 0.6) is 0 Å². The molecule has 0 fully saturated rings. The molecule has 0 saturated carbocycles. The minimum atomic E-state index is 0.0482. The van der Waals surface area contributed by atoms with Crippen molar-refractivity contribution in [3.8, 4) is 5.69 Å². The second kappa shape index (κ2) is 4.83. The van der Waals surface area contributed by atoms with Crippen molar-refractivity contribution in [1.29, 1.82) is 0 Å². The van der Waals surface area contributed by atoms with Crippen molar-refractivity contribution in [3.63, 3.8) is 0 Å². The molecule has 0 amide bonds. The molecule has 0 N–H and O–H groups in total. The summed E-state index contributed by atoms with van der Waals surface area (Å²) in [6.45, 7) is 0. The Hall–Kier alpha value is -1.91. The maximum atomic E-state index is 12.5. The van der Waals surface area contributed by atoms with E-state index in [0.29, 0.717) is 0 Å². The van der Waals surface area contributed by atoms with Crippen LogP contribution in [0.15, 0.2) is 69.9 Å². The van der Waals surface area contributed by atoms with E-state index in [1.54, 1.807) is 3.96 Å². The van der Waals surface area contributed by atoms with Gasteiger partial charge in [0.05, 0.1) is 15.8 Å². The largest absolute Gasteiger partial charge is 0.273 e. The summed E-state index contributed by atoms with van der Waals surface area (Å²) in [5, 5.41) is 3.06. The van der Waals surface area contributed by atoms with E-state index in [2.05, 4.69) is 34.1 Å². The van der Waals surface area contributed by atoms with Crippen molar-refractivity contribution in [2.45, 2.75) is 0 Å². The summed E-state index contributed by atoms with van der Waals surface area (Å²) in [5.74, 6) is 0. The first kappa shape index (κ1) is 12.8. The second-order valence-electron chi connectivity index (χ2n) is 4.86. The molecule has 1 heterocycles. The Labute approximate surface area is 133 Å². The number of benzene rings is 3. The summed E-state index contributed by atoms with van der Waals surface area (Å²) < 4.78 is 3.83. The van der Waals surface area contributed by atoms with E-state index >= 15 is 0 Å². The van der Waals surface area contributed by atoms with Gasteiger partial charge in [-0.1, -0.05) is 51.7 Å². The second-order valence-corrected chi connectivity index (χ2v) is 6.77. The van der Waals surface area contributed by atoms with Crippen LogP contribution < -0.4 is 5.56 Å². The van der Waals surface area contributed by atoms with Crippen molar-refractivity contribution >= 4 is 48.3 Å². The van der Waals surface area contributed by atoms with Crippen LogP contribution in [0.2, 0.25) is 0 Å². The van der Waals surface area contributed by atoms with Gasteiger partial charge >= 0.3 is 0 Å². The summed E-state index contributed by atoms with van der Waals surface area (Å²) in [7, 11) is 0. The Balaban J connectivity index is 1.98. The minimum Gasteiger partial charge on any atom is -0.267 e. The van der Waals surface area contributed by atoms with Crippen LogP contribution in [0, 0.1) is 0 Å². The monoisotopic (exact) mass is 355 g/mol. The zero-order valence-corrected chi connectivity index (χ0v) is 13.3. The maximum Gasteiger partial charge on any atom is 0.273 e. The summed E-state index contributed by atoms with van der Waals surface area (Å²) >= 11 is 4.96. The van der Waals surface area contributed by atoms with Gasteiger partial charge in [-0.05, 0) is 47.2 Å². The van der Waals surface area contributed by atoms with Crippen molar-refractivity contribution in [2.24, 2.45) is 0 Å². The molecule has 4 aromatic rings. The number of nitrogens with zero attached hydrogens (tertiary/aromatic N) is 1. The highest BCUT2D eigenvalue weighted by Crippen LogP contribution is 2.25. The van der Waals surface area contributed by atoms with Crippen molar-refractivity contribution in [3.05, 3.63) is 75.5 Å². The van der Waals surface area contributed by atoms with E-state index in [0.717, 1.165) is 31.0 Å². The normalized spacial score (nSPS) is 11.3. The Morgan fingerprint density at radius 2 is 1.67 bits per heavy atom. The Bertz CT molecular complexity index is 1030. The topological polar surface area (TPSA) is 22.0 Å². The van der Waals surface area contributed by atoms with Gasteiger partial charge in [0.25, 0.3) is 5.56 Å². The molecule has 1 aromatic heterocycles. The van der Waals surface area contributed by atoms with Crippen LogP contribution in [-0.4, -0.2) is 3.96 Å². The lowest BCUT2D eigenvalue weighted by molar-refractivity contribution is 1.15. The van der Waals surface area contributed by atoms with E-state index in [1.807, 2.05) is 42.5 Å². The molecule has 0 aliphatic carbocycles. The van der Waals surface area contributed by atoms with E-state index in [9.17, 15) is 4.79 Å². The zero-order valence-electron chi connectivity index (χ0n) is 10.9. The summed E-state index contributed by atoms with van der Waals surface area (Å²) in [5.41, 5.74) is 0.961. The number of hydrogen-bond acceptors (Lipinski definition) is 2. The molecule has 2 nitrogen and oxygen atoms in total. The van der Waals surface area contributed by atoms with Gasteiger partial charge in [-0.3, -0.25) is 4.79 Å². The predicted molar refractivity (Wildman–Crippen MR) is 92.6 cm³/mol. The Morgan fingerprint density at radius 1 is 0.905 bits per heavy atom. The van der Waals surface area contributed by atoms with Gasteiger partial charge in [0.2, 0.25) is 0 Å². The van der Waals surface area contributed by atoms with Gasteiger partial charge in [-0.25, -0.2) is 3.96 Å². The summed E-state index contributed by atoms with van der Waals surface area (Å²) in [6.07, 6.45) is 0. The minimum absolute atomic E-state index is 0.0482. The van der Waals surface area contributed by atoms with Crippen LogP contribution in [-0.2, 0) is 0 Å². The first-order chi connectivity index (χ1) is 10.2. The Kier molecular flexibility index (Phi) is 2.94. The molecular formula is C17H10BrNOS. The third-order valence-corrected chi connectivity index (χ3v) is 5.12. The fourth-order valence-electron chi connectivity index (χ4n) is 2.47. The third-order valence-electron chi connectivity index (χ3n) is 3.51. The average Bonchev–Trinajstić information content (AvgIpc) is 2.84. The van der Waals surface area contributed by atoms with Gasteiger partial charge in [-0.2, -0.15) is 0 Å². The van der Waals surface area contributed by atoms with E-state index < -0.39 is 0 Å². The first-order valence-corrected chi connectivity index (χ1v) is 8.10. The van der Waals surface area contributed by atoms with E-state index in [4.69, 9.17) is 0 Å². The highest BCUT2D eigenvalue weighted by molar-refractivity contribution is 9.10. The quantitative estimate of drug-likeness (QED) is 0.472. The highest BCUT2D eigenvalue weighted by atomic mass is 79.9. The maximum absolute atomic E-state index is 12.5. The van der Waals surface area contributed by atoms with Crippen molar-refractivity contribution in [1.82, 2.24) is 3.96 Å². The lowest BCUT2D eigenvalue weighted by atomic mass is 10.1. The standard InChI is InChI=1S/C17H10BrNOS/c18-13-7-5-12-10-14(8-6-11(12)9-13)19-17(20)15-3-1-2-4-16(15)21-19/h1-10H. The number of fused-ring (bicyclic) bond motifs is 2. The lowest BCUT2D eigenvalue weighted by Gasteiger charge is -2.03. The zero-order chi connectivity index (χ0) is 14.4. The van der Waals surface area contributed by atoms with Gasteiger partial charge < -0.3 is 0 Å². The van der Waals surface area contributed by atoms with Crippen molar-refractivity contribution in [2.75, 3.05) is 0 Å². The third kappa shape index (κ3) is 2.11. The van der Waals surface area contributed by atoms with Crippen LogP contribution in [0.4, 0.5) is 0 Å². The average molecular weight is 356 g/mol. The van der Waals surface area contributed by atoms with Crippen molar-refractivity contribution < 1.29 is 0 Å². The first-order valence-electron chi connectivity index (χ1n) is 6.53. The number of halogens is 1. The highest BCUT2D eigenvalue weighted by Gasteiger charge is 2.09. The molecule has 0 radical (unpaired) electrons. The number of hydrogen-bond donors (Lipinski definition) is 0.